The van der Waals surface area contributed by atoms with Crippen LogP contribution in [0.5, 0.6) is 0 Å². The molecular weight excluding hydrogens is 320 g/mol. The molecule has 0 atom stereocenters. The highest BCUT2D eigenvalue weighted by atomic mass is 16.4. The maximum atomic E-state index is 12.6. The van der Waals surface area contributed by atoms with Crippen molar-refractivity contribution in [2.75, 3.05) is 25.2 Å². The van der Waals surface area contributed by atoms with Crippen LogP contribution in [0.2, 0.25) is 0 Å². The number of rotatable bonds is 3. The highest BCUT2D eigenvalue weighted by Crippen LogP contribution is 2.23. The Balaban J connectivity index is 1.65. The van der Waals surface area contributed by atoms with Gasteiger partial charge in [-0.05, 0) is 18.1 Å². The lowest BCUT2D eigenvalue weighted by Gasteiger charge is -2.33. The monoisotopic (exact) mass is 338 g/mol. The molecule has 1 aliphatic rings. The molecule has 0 saturated heterocycles. The SMILES string of the molecule is CN1CN(CCC#Cc2cccc(/C=N\O)n2)C(=O)c2c1ncn2C. The molecule has 0 fully saturated rings. The number of aromatic nitrogens is 3. The van der Waals surface area contributed by atoms with Gasteiger partial charge in [0.25, 0.3) is 5.91 Å². The summed E-state index contributed by atoms with van der Waals surface area (Å²) < 4.78 is 1.74. The fourth-order valence-corrected chi connectivity index (χ4v) is 2.65. The molecule has 1 aliphatic heterocycles. The molecule has 128 valence electrons. The zero-order valence-corrected chi connectivity index (χ0v) is 14.0. The number of fused-ring (bicyclic) bond motifs is 1. The third-order valence-electron chi connectivity index (χ3n) is 3.84. The first-order valence-corrected chi connectivity index (χ1v) is 7.75. The number of carbonyl (C=O) groups excluding carboxylic acids is 1. The van der Waals surface area contributed by atoms with Crippen LogP contribution in [0, 0.1) is 11.8 Å². The highest BCUT2D eigenvalue weighted by Gasteiger charge is 2.30. The second-order valence-electron chi connectivity index (χ2n) is 5.68. The number of hydrogen-bond acceptors (Lipinski definition) is 6. The average molecular weight is 338 g/mol. The van der Waals surface area contributed by atoms with Crippen LogP contribution in [0.4, 0.5) is 5.82 Å². The maximum Gasteiger partial charge on any atom is 0.275 e. The number of aryl methyl sites for hydroxylation is 1. The number of oxime groups is 1. The molecule has 2 aromatic rings. The van der Waals surface area contributed by atoms with E-state index in [0.29, 0.717) is 42.5 Å². The highest BCUT2D eigenvalue weighted by molar-refractivity contribution is 5.99. The summed E-state index contributed by atoms with van der Waals surface area (Å²) in [5.41, 5.74) is 1.72. The summed E-state index contributed by atoms with van der Waals surface area (Å²) in [4.78, 5) is 24.7. The first-order valence-electron chi connectivity index (χ1n) is 7.75. The number of carbonyl (C=O) groups is 1. The van der Waals surface area contributed by atoms with Crippen LogP contribution in [0.15, 0.2) is 29.7 Å². The van der Waals surface area contributed by atoms with Crippen molar-refractivity contribution in [2.45, 2.75) is 6.42 Å². The van der Waals surface area contributed by atoms with Crippen molar-refractivity contribution < 1.29 is 10.0 Å². The van der Waals surface area contributed by atoms with Crippen LogP contribution in [0.3, 0.4) is 0 Å². The fraction of sp³-hybridized carbons (Fsp3) is 0.294. The lowest BCUT2D eigenvalue weighted by atomic mass is 10.2. The minimum absolute atomic E-state index is 0.0332. The molecule has 0 saturated carbocycles. The van der Waals surface area contributed by atoms with Gasteiger partial charge in [-0.25, -0.2) is 9.97 Å². The summed E-state index contributed by atoms with van der Waals surface area (Å²) in [5.74, 6) is 6.67. The topological polar surface area (TPSA) is 86.8 Å². The predicted molar refractivity (Wildman–Crippen MR) is 92.6 cm³/mol. The van der Waals surface area contributed by atoms with Crippen molar-refractivity contribution in [3.05, 3.63) is 41.6 Å². The van der Waals surface area contributed by atoms with Crippen LogP contribution in [-0.2, 0) is 7.05 Å². The lowest BCUT2D eigenvalue weighted by Crippen LogP contribution is -2.46. The summed E-state index contributed by atoms with van der Waals surface area (Å²) in [6, 6.07) is 5.29. The Morgan fingerprint density at radius 2 is 2.24 bits per heavy atom. The molecule has 0 unspecified atom stereocenters. The fourth-order valence-electron chi connectivity index (χ4n) is 2.65. The molecule has 1 N–H and O–H groups in total. The van der Waals surface area contributed by atoms with Gasteiger partial charge in [0, 0.05) is 27.1 Å². The number of amides is 1. The van der Waals surface area contributed by atoms with Gasteiger partial charge >= 0.3 is 0 Å². The Labute approximate surface area is 145 Å². The molecule has 0 aliphatic carbocycles. The molecular formula is C17H18N6O2. The van der Waals surface area contributed by atoms with Crippen LogP contribution in [0.1, 0.15) is 28.3 Å². The van der Waals surface area contributed by atoms with Gasteiger partial charge in [0.2, 0.25) is 0 Å². The van der Waals surface area contributed by atoms with Gasteiger partial charge in [-0.15, -0.1) is 0 Å². The van der Waals surface area contributed by atoms with Crippen molar-refractivity contribution >= 4 is 17.9 Å². The van der Waals surface area contributed by atoms with E-state index in [4.69, 9.17) is 5.21 Å². The van der Waals surface area contributed by atoms with E-state index >= 15 is 0 Å². The normalized spacial score (nSPS) is 13.8. The zero-order valence-electron chi connectivity index (χ0n) is 14.0. The first-order chi connectivity index (χ1) is 12.1. The van der Waals surface area contributed by atoms with Crippen LogP contribution in [-0.4, -0.2) is 57.0 Å². The summed E-state index contributed by atoms with van der Waals surface area (Å²) in [5, 5.41) is 11.5. The van der Waals surface area contributed by atoms with Crippen molar-refractivity contribution in [2.24, 2.45) is 12.2 Å². The van der Waals surface area contributed by atoms with Crippen molar-refractivity contribution in [3.8, 4) is 11.8 Å². The summed E-state index contributed by atoms with van der Waals surface area (Å²) >= 11 is 0. The average Bonchev–Trinajstić information content (AvgIpc) is 2.99. The molecule has 8 heteroatoms. The number of pyridine rings is 1. The largest absolute Gasteiger partial charge is 0.411 e. The van der Waals surface area contributed by atoms with Crippen LogP contribution < -0.4 is 4.90 Å². The Kier molecular flexibility index (Phi) is 4.66. The Morgan fingerprint density at radius 1 is 1.40 bits per heavy atom. The molecule has 1 amide bonds. The van der Waals surface area contributed by atoms with Gasteiger partial charge in [0.05, 0.1) is 24.9 Å². The predicted octanol–water partition coefficient (Wildman–Crippen LogP) is 0.915. The van der Waals surface area contributed by atoms with E-state index < -0.39 is 0 Å². The van der Waals surface area contributed by atoms with Crippen LogP contribution >= 0.6 is 0 Å². The smallest absolute Gasteiger partial charge is 0.275 e. The first kappa shape index (κ1) is 16.5. The van der Waals surface area contributed by atoms with Crippen molar-refractivity contribution in [1.82, 2.24) is 19.4 Å². The van der Waals surface area contributed by atoms with Gasteiger partial charge in [-0.1, -0.05) is 17.1 Å². The van der Waals surface area contributed by atoms with E-state index in [1.807, 2.05) is 19.0 Å². The van der Waals surface area contributed by atoms with Crippen LogP contribution in [0.25, 0.3) is 0 Å². The molecule has 25 heavy (non-hydrogen) atoms. The Hall–Kier alpha value is -3.34. The second kappa shape index (κ2) is 7.05. The molecule has 0 bridgehead atoms. The zero-order chi connectivity index (χ0) is 17.8. The third-order valence-corrected chi connectivity index (χ3v) is 3.84. The molecule has 3 heterocycles. The van der Waals surface area contributed by atoms with Gasteiger partial charge in [0.15, 0.2) is 11.5 Å². The number of hydrogen-bond donors (Lipinski definition) is 1. The molecule has 0 radical (unpaired) electrons. The minimum atomic E-state index is -0.0332. The molecule has 0 aromatic carbocycles. The van der Waals surface area contributed by atoms with E-state index in [-0.39, 0.29) is 5.91 Å². The van der Waals surface area contributed by atoms with Crippen molar-refractivity contribution in [1.29, 1.82) is 0 Å². The van der Waals surface area contributed by atoms with Gasteiger partial charge in [0.1, 0.15) is 5.69 Å². The van der Waals surface area contributed by atoms with E-state index in [1.54, 1.807) is 34.0 Å². The molecule has 2 aromatic heterocycles. The van der Waals surface area contributed by atoms with Gasteiger partial charge in [-0.3, -0.25) is 4.79 Å². The van der Waals surface area contributed by atoms with Gasteiger partial charge in [-0.2, -0.15) is 0 Å². The van der Waals surface area contributed by atoms with E-state index in [2.05, 4.69) is 27.0 Å². The number of anilines is 1. The Morgan fingerprint density at radius 3 is 3.04 bits per heavy atom. The third kappa shape index (κ3) is 3.45. The van der Waals surface area contributed by atoms with Gasteiger partial charge < -0.3 is 19.6 Å². The standard InChI is InChI=1S/C17H18N6O2/c1-21-11-18-16-15(21)17(24)23(12-22(16)2)9-4-3-6-13-7-5-8-14(20-13)10-19-25/h5,7-8,10-11,25H,4,9,12H2,1-2H3/b19-10-. The number of imidazole rings is 1. The van der Waals surface area contributed by atoms with E-state index in [1.165, 1.54) is 6.21 Å². The maximum absolute atomic E-state index is 12.6. The summed E-state index contributed by atoms with van der Waals surface area (Å²) in [6.07, 6.45) is 3.43. The quantitative estimate of drug-likeness (QED) is 0.389. The van der Waals surface area contributed by atoms with Crippen molar-refractivity contribution in [3.63, 3.8) is 0 Å². The molecule has 8 nitrogen and oxygen atoms in total. The minimum Gasteiger partial charge on any atom is -0.411 e. The Bertz CT molecular complexity index is 877. The number of nitrogens with zero attached hydrogens (tertiary/aromatic N) is 6. The molecule has 0 spiro atoms. The summed E-state index contributed by atoms with van der Waals surface area (Å²) in [7, 11) is 3.73. The van der Waals surface area contributed by atoms with E-state index in [0.717, 1.165) is 0 Å². The lowest BCUT2D eigenvalue weighted by molar-refractivity contribution is 0.0737. The summed E-state index contributed by atoms with van der Waals surface area (Å²) in [6.45, 7) is 1.02. The molecule has 3 rings (SSSR count). The second-order valence-corrected chi connectivity index (χ2v) is 5.68. The van der Waals surface area contributed by atoms with E-state index in [9.17, 15) is 4.79 Å².